The van der Waals surface area contributed by atoms with Gasteiger partial charge in [0.1, 0.15) is 5.82 Å². The molecule has 0 saturated carbocycles. The van der Waals surface area contributed by atoms with Gasteiger partial charge in [0.05, 0.1) is 0 Å². The van der Waals surface area contributed by atoms with E-state index in [0.29, 0.717) is 18.4 Å². The number of halogens is 1. The normalized spacial score (nSPS) is 22.7. The molecule has 126 valence electrons. The lowest BCUT2D eigenvalue weighted by Gasteiger charge is -2.21. The minimum absolute atomic E-state index is 0.0328. The molecular formula is C17H19FN4OS. The highest BCUT2D eigenvalue weighted by molar-refractivity contribution is 7.13. The van der Waals surface area contributed by atoms with Gasteiger partial charge in [-0.25, -0.2) is 14.2 Å². The highest BCUT2D eigenvalue weighted by atomic mass is 32.1. The first-order chi connectivity index (χ1) is 11.7. The lowest BCUT2D eigenvalue weighted by Crippen LogP contribution is -2.40. The van der Waals surface area contributed by atoms with Gasteiger partial charge in [0.25, 0.3) is 0 Å². The molecule has 4 rings (SSSR count). The van der Waals surface area contributed by atoms with Crippen molar-refractivity contribution in [1.29, 1.82) is 0 Å². The summed E-state index contributed by atoms with van der Waals surface area (Å²) >= 11 is 1.67. The number of carbonyl (C=O) groups is 1. The average Bonchev–Trinajstić information content (AvgIpc) is 3.28. The zero-order valence-electron chi connectivity index (χ0n) is 13.2. The van der Waals surface area contributed by atoms with E-state index in [2.05, 4.69) is 15.2 Å². The molecule has 0 spiro atoms. The van der Waals surface area contributed by atoms with E-state index in [9.17, 15) is 9.18 Å². The number of nitrogens with one attached hydrogen (secondary N) is 1. The maximum atomic E-state index is 12.9. The van der Waals surface area contributed by atoms with Crippen molar-refractivity contribution < 1.29 is 9.18 Å². The van der Waals surface area contributed by atoms with Gasteiger partial charge in [-0.1, -0.05) is 12.1 Å². The van der Waals surface area contributed by atoms with E-state index in [1.807, 2.05) is 16.5 Å². The maximum Gasteiger partial charge on any atom is 0.317 e. The van der Waals surface area contributed by atoms with Gasteiger partial charge in [0, 0.05) is 56.1 Å². The van der Waals surface area contributed by atoms with Crippen molar-refractivity contribution in [3.63, 3.8) is 0 Å². The van der Waals surface area contributed by atoms with E-state index < -0.39 is 0 Å². The largest absolute Gasteiger partial charge is 0.347 e. The van der Waals surface area contributed by atoms with Gasteiger partial charge in [-0.15, -0.1) is 11.3 Å². The lowest BCUT2D eigenvalue weighted by molar-refractivity contribution is 0.205. The van der Waals surface area contributed by atoms with Gasteiger partial charge in [0.2, 0.25) is 0 Å². The number of urea groups is 1. The summed E-state index contributed by atoms with van der Waals surface area (Å²) in [5.74, 6) is 0.776. The number of benzene rings is 1. The molecule has 2 fully saturated rings. The van der Waals surface area contributed by atoms with Crippen LogP contribution >= 0.6 is 11.3 Å². The van der Waals surface area contributed by atoms with Gasteiger partial charge in [0.15, 0.2) is 5.13 Å². The van der Waals surface area contributed by atoms with Crippen molar-refractivity contribution in [3.05, 3.63) is 47.2 Å². The van der Waals surface area contributed by atoms with Crippen LogP contribution in [0.2, 0.25) is 0 Å². The molecule has 2 aliphatic heterocycles. The van der Waals surface area contributed by atoms with Gasteiger partial charge in [-0.05, 0) is 17.7 Å². The number of rotatable bonds is 3. The fourth-order valence-electron chi connectivity index (χ4n) is 3.58. The van der Waals surface area contributed by atoms with Crippen molar-refractivity contribution in [1.82, 2.24) is 15.2 Å². The minimum Gasteiger partial charge on any atom is -0.347 e. The molecular weight excluding hydrogens is 327 g/mol. The molecule has 1 aromatic carbocycles. The lowest BCUT2D eigenvalue weighted by atomic mass is 10.0. The molecule has 1 aromatic heterocycles. The third-order valence-corrected chi connectivity index (χ3v) is 5.65. The summed E-state index contributed by atoms with van der Waals surface area (Å²) in [6.45, 7) is 3.96. The molecule has 0 aliphatic carbocycles. The number of nitrogens with zero attached hydrogens (tertiary/aromatic N) is 3. The highest BCUT2D eigenvalue weighted by Crippen LogP contribution is 2.34. The summed E-state index contributed by atoms with van der Waals surface area (Å²) in [5.41, 5.74) is 0.902. The van der Waals surface area contributed by atoms with Gasteiger partial charge < -0.3 is 15.1 Å². The van der Waals surface area contributed by atoms with Crippen LogP contribution in [-0.2, 0) is 6.54 Å². The number of thiazole rings is 1. The van der Waals surface area contributed by atoms with Crippen molar-refractivity contribution in [2.24, 2.45) is 11.8 Å². The Morgan fingerprint density at radius 1 is 1.21 bits per heavy atom. The maximum absolute atomic E-state index is 12.9. The van der Waals surface area contributed by atoms with Gasteiger partial charge >= 0.3 is 6.03 Å². The molecule has 0 radical (unpaired) electrons. The van der Waals surface area contributed by atoms with E-state index >= 15 is 0 Å². The van der Waals surface area contributed by atoms with Gasteiger partial charge in [-0.3, -0.25) is 0 Å². The first-order valence-corrected chi connectivity index (χ1v) is 8.98. The number of hydrogen-bond donors (Lipinski definition) is 1. The predicted molar refractivity (Wildman–Crippen MR) is 91.5 cm³/mol. The van der Waals surface area contributed by atoms with Crippen molar-refractivity contribution in [2.45, 2.75) is 6.54 Å². The Morgan fingerprint density at radius 3 is 2.54 bits per heavy atom. The Balaban J connectivity index is 1.28. The molecule has 7 heteroatoms. The fraction of sp³-hybridized carbons (Fsp3) is 0.412. The average molecular weight is 346 g/mol. The number of fused-ring (bicyclic) bond motifs is 1. The van der Waals surface area contributed by atoms with E-state index in [4.69, 9.17) is 0 Å². The van der Waals surface area contributed by atoms with Crippen LogP contribution in [-0.4, -0.2) is 42.1 Å². The van der Waals surface area contributed by atoms with Crippen LogP contribution in [0.3, 0.4) is 0 Å². The van der Waals surface area contributed by atoms with Crippen LogP contribution in [0.15, 0.2) is 35.8 Å². The Bertz CT molecular complexity index is 692. The molecule has 2 aromatic rings. The highest BCUT2D eigenvalue weighted by Gasteiger charge is 2.42. The molecule has 5 nitrogen and oxygen atoms in total. The van der Waals surface area contributed by atoms with Crippen LogP contribution < -0.4 is 10.2 Å². The molecule has 2 saturated heterocycles. The molecule has 2 amide bonds. The van der Waals surface area contributed by atoms with E-state index in [1.165, 1.54) is 12.1 Å². The van der Waals surface area contributed by atoms with E-state index in [0.717, 1.165) is 36.9 Å². The molecule has 2 aliphatic rings. The number of carbonyl (C=O) groups excluding carboxylic acids is 1. The van der Waals surface area contributed by atoms with Crippen LogP contribution in [0.25, 0.3) is 0 Å². The molecule has 2 unspecified atom stereocenters. The van der Waals surface area contributed by atoms with E-state index in [1.54, 1.807) is 23.5 Å². The molecule has 2 atom stereocenters. The van der Waals surface area contributed by atoms with Crippen LogP contribution in [0.5, 0.6) is 0 Å². The standard InChI is InChI=1S/C17H19FN4OS/c18-15-3-1-12(2-4-15)7-20-16(23)21-8-13-10-22(11-14(13)9-21)17-19-5-6-24-17/h1-6,13-14H,7-11H2,(H,20,23). The first-order valence-electron chi connectivity index (χ1n) is 8.10. The zero-order chi connectivity index (χ0) is 16.5. The Labute approximate surface area is 144 Å². The summed E-state index contributed by atoms with van der Waals surface area (Å²) in [7, 11) is 0. The van der Waals surface area contributed by atoms with Crippen molar-refractivity contribution in [3.8, 4) is 0 Å². The van der Waals surface area contributed by atoms with Crippen molar-refractivity contribution in [2.75, 3.05) is 31.1 Å². The number of amides is 2. The smallest absolute Gasteiger partial charge is 0.317 e. The SMILES string of the molecule is O=C(NCc1ccc(F)cc1)N1CC2CN(c3nccs3)CC2C1. The second-order valence-electron chi connectivity index (χ2n) is 6.43. The monoisotopic (exact) mass is 346 g/mol. The Kier molecular flexibility index (Phi) is 4.10. The van der Waals surface area contributed by atoms with Crippen molar-refractivity contribution >= 4 is 22.5 Å². The predicted octanol–water partition coefficient (Wildman–Crippen LogP) is 2.56. The van der Waals surface area contributed by atoms with Crippen LogP contribution in [0, 0.1) is 17.7 Å². The molecule has 24 heavy (non-hydrogen) atoms. The first kappa shape index (κ1) is 15.4. The van der Waals surface area contributed by atoms with Crippen LogP contribution in [0.1, 0.15) is 5.56 Å². The second-order valence-corrected chi connectivity index (χ2v) is 7.30. The Morgan fingerprint density at radius 2 is 1.92 bits per heavy atom. The Hall–Kier alpha value is -2.15. The van der Waals surface area contributed by atoms with Gasteiger partial charge in [-0.2, -0.15) is 0 Å². The third kappa shape index (κ3) is 3.08. The molecule has 1 N–H and O–H groups in total. The number of likely N-dealkylation sites (tertiary alicyclic amines) is 1. The molecule has 0 bridgehead atoms. The molecule has 3 heterocycles. The summed E-state index contributed by atoms with van der Waals surface area (Å²) in [4.78, 5) is 20.9. The number of aromatic nitrogens is 1. The number of anilines is 1. The summed E-state index contributed by atoms with van der Waals surface area (Å²) in [5, 5.41) is 6.01. The van der Waals surface area contributed by atoms with E-state index in [-0.39, 0.29) is 11.8 Å². The van der Waals surface area contributed by atoms with Crippen LogP contribution in [0.4, 0.5) is 14.3 Å². The number of hydrogen-bond acceptors (Lipinski definition) is 4. The minimum atomic E-state index is -0.262. The quantitative estimate of drug-likeness (QED) is 0.929. The third-order valence-electron chi connectivity index (χ3n) is 4.82. The fourth-order valence-corrected chi connectivity index (χ4v) is 4.24. The topological polar surface area (TPSA) is 48.5 Å². The zero-order valence-corrected chi connectivity index (χ0v) is 14.0. The second kappa shape index (κ2) is 6.39. The summed E-state index contributed by atoms with van der Waals surface area (Å²) in [6, 6.07) is 6.18. The summed E-state index contributed by atoms with van der Waals surface area (Å²) in [6.07, 6.45) is 1.84. The summed E-state index contributed by atoms with van der Waals surface area (Å²) < 4.78 is 12.9.